The summed E-state index contributed by atoms with van der Waals surface area (Å²) in [6, 6.07) is 20.3. The predicted molar refractivity (Wildman–Crippen MR) is 167 cm³/mol. The normalized spacial score (nSPS) is 14.4. The molecule has 1 saturated heterocycles. The number of piperidine rings is 1. The summed E-state index contributed by atoms with van der Waals surface area (Å²) >= 11 is 0. The van der Waals surface area contributed by atoms with E-state index in [2.05, 4.69) is 48.6 Å². The summed E-state index contributed by atoms with van der Waals surface area (Å²) in [5.74, 6) is -0.0968. The van der Waals surface area contributed by atoms with Crippen LogP contribution in [-0.4, -0.2) is 46.9 Å². The van der Waals surface area contributed by atoms with Gasteiger partial charge < -0.3 is 9.80 Å². The molecule has 0 N–H and O–H groups in total. The second kappa shape index (κ2) is 12.7. The smallest absolute Gasteiger partial charge is 0.256 e. The van der Waals surface area contributed by atoms with Gasteiger partial charge >= 0.3 is 0 Å². The molecule has 1 aliphatic heterocycles. The van der Waals surface area contributed by atoms with Crippen molar-refractivity contribution in [1.29, 1.82) is 0 Å². The number of aryl methyl sites for hydroxylation is 2. The number of amides is 1. The van der Waals surface area contributed by atoms with Gasteiger partial charge in [-0.2, -0.15) is 5.10 Å². The molecule has 0 radical (unpaired) electrons. The quantitative estimate of drug-likeness (QED) is 0.193. The van der Waals surface area contributed by atoms with E-state index in [4.69, 9.17) is 0 Å². The number of rotatable bonds is 9. The van der Waals surface area contributed by atoms with E-state index in [9.17, 15) is 13.6 Å². The van der Waals surface area contributed by atoms with Crippen molar-refractivity contribution >= 4 is 22.5 Å². The summed E-state index contributed by atoms with van der Waals surface area (Å²) in [6.45, 7) is 9.67. The third-order valence-corrected chi connectivity index (χ3v) is 8.24. The maximum Gasteiger partial charge on any atom is 0.256 e. The molecule has 0 unspecified atom stereocenters. The van der Waals surface area contributed by atoms with E-state index < -0.39 is 6.67 Å². The first-order valence-corrected chi connectivity index (χ1v) is 14.5. The Labute approximate surface area is 246 Å². The van der Waals surface area contributed by atoms with Crippen LogP contribution in [0.5, 0.6) is 0 Å². The number of para-hydroxylation sites is 2. The largest absolute Gasteiger partial charge is 0.341 e. The third-order valence-electron chi connectivity index (χ3n) is 8.24. The molecule has 1 fully saturated rings. The summed E-state index contributed by atoms with van der Waals surface area (Å²) in [5, 5.41) is 5.49. The summed E-state index contributed by atoms with van der Waals surface area (Å²) in [5.41, 5.74) is 6.97. The van der Waals surface area contributed by atoms with Gasteiger partial charge in [0.25, 0.3) is 5.91 Å². The van der Waals surface area contributed by atoms with E-state index >= 15 is 0 Å². The molecule has 0 aliphatic carbocycles. The number of halogens is 2. The third kappa shape index (κ3) is 5.87. The molecule has 218 valence electrons. The van der Waals surface area contributed by atoms with Crippen molar-refractivity contribution in [3.05, 3.63) is 108 Å². The van der Waals surface area contributed by atoms with Crippen molar-refractivity contribution in [3.8, 4) is 11.3 Å². The Morgan fingerprint density at radius 2 is 1.83 bits per heavy atom. The molecule has 42 heavy (non-hydrogen) atoms. The lowest BCUT2D eigenvalue weighted by molar-refractivity contribution is 0.0703. The van der Waals surface area contributed by atoms with Crippen molar-refractivity contribution in [2.45, 2.75) is 33.1 Å². The Hall–Kier alpha value is -4.26. The second-order valence-electron chi connectivity index (χ2n) is 11.0. The Morgan fingerprint density at radius 3 is 2.52 bits per heavy atom. The number of nitrogens with zero attached hydrogens (tertiary/aromatic N) is 4. The Morgan fingerprint density at radius 1 is 1.10 bits per heavy atom. The number of aromatic nitrogens is 2. The van der Waals surface area contributed by atoms with Crippen molar-refractivity contribution in [3.63, 3.8) is 0 Å². The first kappa shape index (κ1) is 29.2. The van der Waals surface area contributed by atoms with Crippen LogP contribution in [-0.2, 0) is 7.05 Å². The highest BCUT2D eigenvalue weighted by Gasteiger charge is 2.30. The van der Waals surface area contributed by atoms with Gasteiger partial charge in [-0.15, -0.1) is 0 Å². The monoisotopic (exact) mass is 568 g/mol. The first-order chi connectivity index (χ1) is 20.3. The fourth-order valence-corrected chi connectivity index (χ4v) is 6.14. The molecule has 1 aromatic heterocycles. The number of carbonyl (C=O) groups excluding carboxylic acids is 1. The van der Waals surface area contributed by atoms with Crippen LogP contribution in [0.4, 0.5) is 14.5 Å². The highest BCUT2D eigenvalue weighted by atomic mass is 19.1. The number of hydrogen-bond donors (Lipinski definition) is 0. The van der Waals surface area contributed by atoms with Crippen LogP contribution in [0.25, 0.3) is 22.2 Å². The molecule has 0 spiro atoms. The number of hydrogen-bond acceptors (Lipinski definition) is 3. The minimum Gasteiger partial charge on any atom is -0.341 e. The number of fused-ring (bicyclic) bond motifs is 1. The van der Waals surface area contributed by atoms with Gasteiger partial charge in [-0.25, -0.2) is 4.39 Å². The predicted octanol–water partition coefficient (Wildman–Crippen LogP) is 7.87. The molecule has 4 aromatic rings. The lowest BCUT2D eigenvalue weighted by Gasteiger charge is -2.39. The number of anilines is 1. The second-order valence-corrected chi connectivity index (χ2v) is 11.0. The molecule has 0 bridgehead atoms. The van der Waals surface area contributed by atoms with Crippen LogP contribution in [0.3, 0.4) is 0 Å². The van der Waals surface area contributed by atoms with Crippen LogP contribution in [0.15, 0.2) is 90.7 Å². The van der Waals surface area contributed by atoms with Crippen molar-refractivity contribution < 1.29 is 13.6 Å². The molecule has 0 saturated carbocycles. The summed E-state index contributed by atoms with van der Waals surface area (Å²) in [6.07, 6.45) is 4.13. The molecular weight excluding hydrogens is 530 g/mol. The van der Waals surface area contributed by atoms with Gasteiger partial charge in [-0.1, -0.05) is 60.7 Å². The maximum atomic E-state index is 14.0. The zero-order chi connectivity index (χ0) is 29.8. The van der Waals surface area contributed by atoms with Gasteiger partial charge in [-0.05, 0) is 62.9 Å². The minimum absolute atomic E-state index is 0.0260. The zero-order valence-electron chi connectivity index (χ0n) is 24.6. The molecule has 3 aromatic carbocycles. The summed E-state index contributed by atoms with van der Waals surface area (Å²) in [7, 11) is 1.82. The minimum atomic E-state index is -0.417. The molecule has 1 amide bonds. The van der Waals surface area contributed by atoms with Crippen molar-refractivity contribution in [1.82, 2.24) is 14.7 Å². The summed E-state index contributed by atoms with van der Waals surface area (Å²) in [4.78, 5) is 18.1. The van der Waals surface area contributed by atoms with Gasteiger partial charge in [0.05, 0.1) is 17.8 Å². The zero-order valence-corrected chi connectivity index (χ0v) is 24.6. The van der Waals surface area contributed by atoms with Gasteiger partial charge in [0.15, 0.2) is 0 Å². The molecular formula is C35H38F2N4O. The van der Waals surface area contributed by atoms with Crippen LogP contribution < -0.4 is 4.90 Å². The van der Waals surface area contributed by atoms with Gasteiger partial charge in [-0.3, -0.25) is 13.9 Å². The SMILES string of the molecule is C=C(CCF)CN(C(=CC)C1CCN(C(=O)c2cccc3c(-c4cccc(F)c4)nn(C)c23)CC1)c1ccccc1C. The number of carbonyl (C=O) groups is 1. The standard InChI is InChI=1S/C35H38F2N4O/c1-5-31(41(23-24(2)16-19-36)32-15-7-6-10-25(32)3)26-17-20-40(21-18-26)35(42)30-14-9-13-29-33(38-39(4)34(29)30)27-11-8-12-28(37)22-27/h5-15,22,26H,2,16-21,23H2,1,3-4H3. The van der Waals surface area contributed by atoms with Gasteiger partial charge in [0.2, 0.25) is 0 Å². The van der Waals surface area contributed by atoms with Crippen molar-refractivity contribution in [2.75, 3.05) is 31.2 Å². The lowest BCUT2D eigenvalue weighted by Crippen LogP contribution is -2.41. The molecule has 1 aliphatic rings. The van der Waals surface area contributed by atoms with Crippen LogP contribution >= 0.6 is 0 Å². The van der Waals surface area contributed by atoms with Crippen LogP contribution in [0, 0.1) is 18.7 Å². The average Bonchev–Trinajstić information content (AvgIpc) is 3.34. The summed E-state index contributed by atoms with van der Waals surface area (Å²) < 4.78 is 28.8. The first-order valence-electron chi connectivity index (χ1n) is 14.5. The van der Waals surface area contributed by atoms with E-state index in [1.165, 1.54) is 17.8 Å². The number of benzene rings is 3. The highest BCUT2D eigenvalue weighted by Crippen LogP contribution is 2.35. The molecule has 5 rings (SSSR count). The Bertz CT molecular complexity index is 1630. The Kier molecular flexibility index (Phi) is 8.86. The average molecular weight is 569 g/mol. The maximum absolute atomic E-state index is 14.0. The van der Waals surface area contributed by atoms with Crippen LogP contribution in [0.1, 0.15) is 42.1 Å². The highest BCUT2D eigenvalue weighted by molar-refractivity contribution is 6.08. The fourth-order valence-electron chi connectivity index (χ4n) is 6.14. The van der Waals surface area contributed by atoms with E-state index in [1.54, 1.807) is 10.7 Å². The van der Waals surface area contributed by atoms with E-state index in [-0.39, 0.29) is 17.6 Å². The Balaban J connectivity index is 1.37. The topological polar surface area (TPSA) is 41.4 Å². The van der Waals surface area contributed by atoms with E-state index in [1.807, 2.05) is 48.3 Å². The number of allylic oxidation sites excluding steroid dienone is 2. The van der Waals surface area contributed by atoms with Crippen molar-refractivity contribution in [2.24, 2.45) is 13.0 Å². The van der Waals surface area contributed by atoms with Gasteiger partial charge in [0.1, 0.15) is 11.5 Å². The molecule has 5 nitrogen and oxygen atoms in total. The number of likely N-dealkylation sites (tertiary alicyclic amines) is 1. The molecule has 7 heteroatoms. The van der Waals surface area contributed by atoms with Gasteiger partial charge in [0, 0.05) is 54.9 Å². The molecule has 2 heterocycles. The molecule has 0 atom stereocenters. The van der Waals surface area contributed by atoms with E-state index in [0.717, 1.165) is 40.6 Å². The fraction of sp³-hybridized carbons (Fsp3) is 0.314. The van der Waals surface area contributed by atoms with Crippen LogP contribution in [0.2, 0.25) is 0 Å². The lowest BCUT2D eigenvalue weighted by atomic mass is 9.90. The van der Waals surface area contributed by atoms with E-state index in [0.29, 0.717) is 42.9 Å². The number of alkyl halides is 1.